The minimum atomic E-state index is -4.33. The van der Waals surface area contributed by atoms with Crippen LogP contribution in [-0.4, -0.2) is 31.1 Å². The highest BCUT2D eigenvalue weighted by molar-refractivity contribution is 6.31. The van der Waals surface area contributed by atoms with Gasteiger partial charge in [-0.1, -0.05) is 24.9 Å². The highest BCUT2D eigenvalue weighted by Crippen LogP contribution is 2.37. The van der Waals surface area contributed by atoms with Gasteiger partial charge in [0.15, 0.2) is 0 Å². The number of benzene rings is 1. The molecule has 0 aliphatic carbocycles. The van der Waals surface area contributed by atoms with Crippen molar-refractivity contribution in [1.82, 2.24) is 10.2 Å². The van der Waals surface area contributed by atoms with Gasteiger partial charge in [0, 0.05) is 37.2 Å². The number of hydrogen-bond donors (Lipinski definition) is 1. The van der Waals surface area contributed by atoms with Gasteiger partial charge >= 0.3 is 6.18 Å². The molecule has 0 unspecified atom stereocenters. The molecule has 0 saturated carbocycles. The lowest BCUT2D eigenvalue weighted by atomic mass is 9.97. The molecule has 1 saturated heterocycles. The zero-order valence-electron chi connectivity index (χ0n) is 12.8. The maximum absolute atomic E-state index is 12.9. The fourth-order valence-electron chi connectivity index (χ4n) is 2.78. The Bertz CT molecular complexity index is 478. The van der Waals surface area contributed by atoms with Crippen LogP contribution in [0.4, 0.5) is 13.2 Å². The van der Waals surface area contributed by atoms with Gasteiger partial charge in [-0.15, -0.1) is 24.8 Å². The van der Waals surface area contributed by atoms with Gasteiger partial charge in [-0.25, -0.2) is 0 Å². The molecule has 1 aromatic rings. The Morgan fingerprint density at radius 3 is 2.35 bits per heavy atom. The van der Waals surface area contributed by atoms with Crippen molar-refractivity contribution in [2.24, 2.45) is 0 Å². The lowest BCUT2D eigenvalue weighted by Crippen LogP contribution is -2.45. The van der Waals surface area contributed by atoms with E-state index in [-0.39, 0.29) is 30.9 Å². The van der Waals surface area contributed by atoms with Gasteiger partial charge in [-0.2, -0.15) is 13.2 Å². The molecule has 1 aliphatic heterocycles. The second-order valence-electron chi connectivity index (χ2n) is 5.32. The van der Waals surface area contributed by atoms with Crippen LogP contribution in [0.1, 0.15) is 36.9 Å². The smallest absolute Gasteiger partial charge is 0.314 e. The SMILES string of the molecule is CCC[C@@H](c1cc(C(F)(F)F)ccc1Cl)N1CCNCC1.Cl.Cl. The van der Waals surface area contributed by atoms with Crippen molar-refractivity contribution < 1.29 is 13.2 Å². The van der Waals surface area contributed by atoms with E-state index in [2.05, 4.69) is 10.2 Å². The van der Waals surface area contributed by atoms with Gasteiger partial charge in [0.05, 0.1) is 5.56 Å². The fraction of sp³-hybridized carbons (Fsp3) is 0.600. The van der Waals surface area contributed by atoms with Gasteiger partial charge in [-0.3, -0.25) is 4.90 Å². The average Bonchev–Trinajstić information content (AvgIpc) is 2.45. The van der Waals surface area contributed by atoms with E-state index in [1.807, 2.05) is 6.92 Å². The van der Waals surface area contributed by atoms with Crippen LogP contribution in [-0.2, 0) is 6.18 Å². The molecule has 1 atom stereocenters. The monoisotopic (exact) mass is 392 g/mol. The molecule has 1 N–H and O–H groups in total. The number of nitrogens with one attached hydrogen (secondary N) is 1. The first-order valence-electron chi connectivity index (χ1n) is 7.25. The summed E-state index contributed by atoms with van der Waals surface area (Å²) in [5.41, 5.74) is -0.0339. The third-order valence-electron chi connectivity index (χ3n) is 3.84. The highest BCUT2D eigenvalue weighted by atomic mass is 35.5. The Kier molecular flexibility index (Phi) is 9.86. The van der Waals surface area contributed by atoms with Gasteiger partial charge in [-0.05, 0) is 30.2 Å². The van der Waals surface area contributed by atoms with E-state index in [4.69, 9.17) is 11.6 Å². The van der Waals surface area contributed by atoms with Crippen molar-refractivity contribution in [3.8, 4) is 0 Å². The first-order chi connectivity index (χ1) is 9.93. The molecule has 23 heavy (non-hydrogen) atoms. The number of piperazine rings is 1. The summed E-state index contributed by atoms with van der Waals surface area (Å²) >= 11 is 6.19. The van der Waals surface area contributed by atoms with Crippen molar-refractivity contribution in [3.05, 3.63) is 34.3 Å². The minimum Gasteiger partial charge on any atom is -0.314 e. The van der Waals surface area contributed by atoms with Gasteiger partial charge < -0.3 is 5.32 Å². The number of hydrogen-bond acceptors (Lipinski definition) is 2. The normalized spacial score (nSPS) is 17.1. The molecule has 0 amide bonds. The third-order valence-corrected chi connectivity index (χ3v) is 4.18. The molecular weight excluding hydrogens is 372 g/mol. The van der Waals surface area contributed by atoms with Gasteiger partial charge in [0.25, 0.3) is 0 Å². The van der Waals surface area contributed by atoms with Crippen LogP contribution in [0.15, 0.2) is 18.2 Å². The molecule has 2 rings (SSSR count). The maximum atomic E-state index is 12.9. The van der Waals surface area contributed by atoms with Crippen LogP contribution < -0.4 is 5.32 Å². The first kappa shape index (κ1) is 22.8. The Morgan fingerprint density at radius 2 is 1.83 bits per heavy atom. The van der Waals surface area contributed by atoms with Crippen LogP contribution in [0.25, 0.3) is 0 Å². The Balaban J connectivity index is 0.00000242. The summed E-state index contributed by atoms with van der Waals surface area (Å²) in [6.07, 6.45) is -2.62. The molecule has 1 aliphatic rings. The van der Waals surface area contributed by atoms with Gasteiger partial charge in [0.2, 0.25) is 0 Å². The summed E-state index contributed by atoms with van der Waals surface area (Å²) < 4.78 is 38.8. The fourth-order valence-corrected chi connectivity index (χ4v) is 3.02. The van der Waals surface area contributed by atoms with Crippen molar-refractivity contribution in [2.75, 3.05) is 26.2 Å². The van der Waals surface area contributed by atoms with Crippen LogP contribution in [0.5, 0.6) is 0 Å². The predicted molar refractivity (Wildman–Crippen MR) is 93.0 cm³/mol. The Morgan fingerprint density at radius 1 is 1.22 bits per heavy atom. The van der Waals surface area contributed by atoms with E-state index >= 15 is 0 Å². The second kappa shape index (κ2) is 9.94. The van der Waals surface area contributed by atoms with Crippen LogP contribution in [0.2, 0.25) is 5.02 Å². The first-order valence-corrected chi connectivity index (χ1v) is 7.62. The van der Waals surface area contributed by atoms with Crippen LogP contribution >= 0.6 is 36.4 Å². The second-order valence-corrected chi connectivity index (χ2v) is 5.73. The number of halogens is 6. The molecular formula is C15H22Cl3F3N2. The van der Waals surface area contributed by atoms with E-state index in [1.54, 1.807) is 0 Å². The van der Waals surface area contributed by atoms with Crippen molar-refractivity contribution in [1.29, 1.82) is 0 Å². The zero-order valence-corrected chi connectivity index (χ0v) is 15.2. The maximum Gasteiger partial charge on any atom is 0.416 e. The minimum absolute atomic E-state index is 0. The Labute approximate surface area is 152 Å². The number of nitrogens with zero attached hydrogens (tertiary/aromatic N) is 1. The lowest BCUT2D eigenvalue weighted by Gasteiger charge is -2.35. The van der Waals surface area contributed by atoms with Gasteiger partial charge in [0.1, 0.15) is 0 Å². The Hall–Kier alpha value is -0.200. The molecule has 0 bridgehead atoms. The summed E-state index contributed by atoms with van der Waals surface area (Å²) in [6.45, 7) is 5.42. The van der Waals surface area contributed by atoms with E-state index in [0.717, 1.165) is 45.1 Å². The summed E-state index contributed by atoms with van der Waals surface area (Å²) in [4.78, 5) is 2.22. The quantitative estimate of drug-likeness (QED) is 0.778. The van der Waals surface area contributed by atoms with E-state index < -0.39 is 11.7 Å². The zero-order chi connectivity index (χ0) is 15.5. The lowest BCUT2D eigenvalue weighted by molar-refractivity contribution is -0.137. The molecule has 1 aromatic carbocycles. The summed E-state index contributed by atoms with van der Waals surface area (Å²) in [7, 11) is 0. The van der Waals surface area contributed by atoms with Crippen LogP contribution in [0.3, 0.4) is 0 Å². The topological polar surface area (TPSA) is 15.3 Å². The van der Waals surface area contributed by atoms with E-state index in [0.29, 0.717) is 10.6 Å². The molecule has 134 valence electrons. The highest BCUT2D eigenvalue weighted by Gasteiger charge is 2.32. The molecule has 1 heterocycles. The molecule has 2 nitrogen and oxygen atoms in total. The van der Waals surface area contributed by atoms with Crippen LogP contribution in [0, 0.1) is 0 Å². The number of rotatable bonds is 4. The summed E-state index contributed by atoms with van der Waals surface area (Å²) in [5, 5.41) is 3.68. The van der Waals surface area contributed by atoms with Crippen molar-refractivity contribution in [2.45, 2.75) is 32.0 Å². The number of alkyl halides is 3. The largest absolute Gasteiger partial charge is 0.416 e. The van der Waals surface area contributed by atoms with Crippen molar-refractivity contribution in [3.63, 3.8) is 0 Å². The van der Waals surface area contributed by atoms with E-state index in [9.17, 15) is 13.2 Å². The molecule has 1 fully saturated rings. The molecule has 8 heteroatoms. The average molecular weight is 394 g/mol. The predicted octanol–water partition coefficient (Wildman–Crippen LogP) is 4.95. The third kappa shape index (κ3) is 5.98. The standard InChI is InChI=1S/C15H20ClF3N2.2ClH/c1-2-3-14(21-8-6-20-7-9-21)12-10-11(15(17,18)19)4-5-13(12)16;;/h4-5,10,14,20H,2-3,6-9H2,1H3;2*1H/t14-;;/m0../s1. The molecule has 0 aromatic heterocycles. The van der Waals surface area contributed by atoms with E-state index in [1.165, 1.54) is 12.1 Å². The molecule has 0 spiro atoms. The summed E-state index contributed by atoms with van der Waals surface area (Å²) in [6, 6.07) is 3.58. The molecule has 0 radical (unpaired) electrons. The van der Waals surface area contributed by atoms with Crippen molar-refractivity contribution >= 4 is 36.4 Å². The summed E-state index contributed by atoms with van der Waals surface area (Å²) in [5.74, 6) is 0.